The fraction of sp³-hybridized carbons (Fsp3) is 0.750. The Morgan fingerprint density at radius 2 is 2.23 bits per heavy atom. The Kier molecular flexibility index (Phi) is 2.75. The van der Waals surface area contributed by atoms with Crippen LogP contribution in [0.4, 0.5) is 4.79 Å². The van der Waals surface area contributed by atoms with E-state index >= 15 is 0 Å². The van der Waals surface area contributed by atoms with E-state index in [9.17, 15) is 9.59 Å². The molecule has 1 rings (SSSR count). The number of aliphatic carboxylic acids is 1. The maximum absolute atomic E-state index is 11.1. The summed E-state index contributed by atoms with van der Waals surface area (Å²) in [6.45, 7) is 4.19. The number of carboxylic acids is 1. The van der Waals surface area contributed by atoms with Gasteiger partial charge in [-0.15, -0.1) is 0 Å². The first-order chi connectivity index (χ1) is 6.04. The number of carbonyl (C=O) groups excluding carboxylic acids is 1. The maximum Gasteiger partial charge on any atom is 0.410 e. The Bertz CT molecular complexity index is 226. The van der Waals surface area contributed by atoms with Crippen molar-refractivity contribution in [3.8, 4) is 0 Å². The number of carbonyl (C=O) groups is 2. The van der Waals surface area contributed by atoms with Gasteiger partial charge in [-0.05, 0) is 5.92 Å². The van der Waals surface area contributed by atoms with E-state index in [2.05, 4.69) is 4.74 Å². The molecular formula is C8H13NO4. The lowest BCUT2D eigenvalue weighted by Crippen LogP contribution is -2.45. The van der Waals surface area contributed by atoms with Gasteiger partial charge < -0.3 is 9.84 Å². The van der Waals surface area contributed by atoms with Gasteiger partial charge in [-0.2, -0.15) is 0 Å². The van der Waals surface area contributed by atoms with E-state index in [1.807, 2.05) is 0 Å². The molecule has 1 aliphatic heterocycles. The molecule has 1 aliphatic rings. The third-order valence-corrected chi connectivity index (χ3v) is 2.01. The van der Waals surface area contributed by atoms with Crippen molar-refractivity contribution >= 4 is 12.1 Å². The molecule has 1 heterocycles. The topological polar surface area (TPSA) is 66.8 Å². The number of carboxylic acid groups (broad SMARTS) is 1. The summed E-state index contributed by atoms with van der Waals surface area (Å²) in [6, 6.07) is -0.769. The zero-order valence-electron chi connectivity index (χ0n) is 7.69. The van der Waals surface area contributed by atoms with Crippen molar-refractivity contribution in [2.75, 3.05) is 13.2 Å². The Labute approximate surface area is 76.3 Å². The lowest BCUT2D eigenvalue weighted by atomic mass is 10.0. The number of rotatable bonds is 3. The monoisotopic (exact) mass is 187 g/mol. The van der Waals surface area contributed by atoms with Crippen LogP contribution < -0.4 is 0 Å². The van der Waals surface area contributed by atoms with Gasteiger partial charge in [-0.3, -0.25) is 4.90 Å². The van der Waals surface area contributed by atoms with Crippen LogP contribution in [0.1, 0.15) is 13.8 Å². The summed E-state index contributed by atoms with van der Waals surface area (Å²) in [5.74, 6) is -1.09. The van der Waals surface area contributed by atoms with E-state index in [-0.39, 0.29) is 12.5 Å². The molecule has 1 saturated heterocycles. The number of hydrogen-bond acceptors (Lipinski definition) is 3. The Morgan fingerprint density at radius 3 is 2.54 bits per heavy atom. The van der Waals surface area contributed by atoms with Gasteiger partial charge in [-0.25, -0.2) is 9.59 Å². The van der Waals surface area contributed by atoms with Crippen molar-refractivity contribution in [1.29, 1.82) is 0 Å². The molecule has 1 amide bonds. The molecule has 0 aromatic heterocycles. The predicted octanol–water partition coefficient (Wildman–Crippen LogP) is 0.548. The molecule has 0 bridgehead atoms. The fourth-order valence-electron chi connectivity index (χ4n) is 1.44. The van der Waals surface area contributed by atoms with Crippen LogP contribution in [0.25, 0.3) is 0 Å². The highest BCUT2D eigenvalue weighted by atomic mass is 16.6. The van der Waals surface area contributed by atoms with Crippen LogP contribution >= 0.6 is 0 Å². The van der Waals surface area contributed by atoms with E-state index < -0.39 is 18.1 Å². The van der Waals surface area contributed by atoms with Crippen LogP contribution in [-0.4, -0.2) is 41.3 Å². The lowest BCUT2D eigenvalue weighted by Gasteiger charge is -2.24. The third kappa shape index (κ3) is 1.91. The molecule has 1 fully saturated rings. The third-order valence-electron chi connectivity index (χ3n) is 2.01. The summed E-state index contributed by atoms with van der Waals surface area (Å²) in [6.07, 6.45) is -0.527. The van der Waals surface area contributed by atoms with Gasteiger partial charge in [0.2, 0.25) is 0 Å². The van der Waals surface area contributed by atoms with Crippen molar-refractivity contribution in [3.63, 3.8) is 0 Å². The molecule has 74 valence electrons. The van der Waals surface area contributed by atoms with E-state index in [1.165, 1.54) is 4.90 Å². The predicted molar refractivity (Wildman–Crippen MR) is 44.3 cm³/mol. The quantitative estimate of drug-likeness (QED) is 0.700. The summed E-state index contributed by atoms with van der Waals surface area (Å²) in [5.41, 5.74) is 0. The molecular weight excluding hydrogens is 174 g/mol. The van der Waals surface area contributed by atoms with Gasteiger partial charge in [0.25, 0.3) is 0 Å². The standard InChI is InChI=1S/C8H13NO4/c1-5(2)6(7(10)11)9-3-4-13-8(9)12/h5-6H,3-4H2,1-2H3,(H,10,11)/t6-/m0/s1. The molecule has 0 saturated carbocycles. The van der Waals surface area contributed by atoms with E-state index in [4.69, 9.17) is 5.11 Å². The number of nitrogens with zero attached hydrogens (tertiary/aromatic N) is 1. The smallest absolute Gasteiger partial charge is 0.410 e. The van der Waals surface area contributed by atoms with Gasteiger partial charge >= 0.3 is 12.1 Å². The van der Waals surface area contributed by atoms with E-state index in [1.54, 1.807) is 13.8 Å². The Hall–Kier alpha value is -1.26. The number of hydrogen-bond donors (Lipinski definition) is 1. The molecule has 0 spiro atoms. The van der Waals surface area contributed by atoms with Gasteiger partial charge in [0.15, 0.2) is 0 Å². The molecule has 0 unspecified atom stereocenters. The molecule has 13 heavy (non-hydrogen) atoms. The summed E-state index contributed by atoms with van der Waals surface area (Å²) in [4.78, 5) is 23.1. The first kappa shape index (κ1) is 9.83. The first-order valence-corrected chi connectivity index (χ1v) is 4.20. The highest BCUT2D eigenvalue weighted by Crippen LogP contribution is 2.15. The molecule has 5 nitrogen and oxygen atoms in total. The van der Waals surface area contributed by atoms with Crippen LogP contribution in [0.5, 0.6) is 0 Å². The van der Waals surface area contributed by atoms with Gasteiger partial charge in [0.05, 0.1) is 6.54 Å². The van der Waals surface area contributed by atoms with Crippen molar-refractivity contribution in [2.45, 2.75) is 19.9 Å². The molecule has 0 aromatic carbocycles. The second kappa shape index (κ2) is 3.64. The molecule has 1 atom stereocenters. The highest BCUT2D eigenvalue weighted by Gasteiger charge is 2.36. The lowest BCUT2D eigenvalue weighted by molar-refractivity contribution is -0.143. The van der Waals surface area contributed by atoms with Gasteiger partial charge in [0.1, 0.15) is 12.6 Å². The highest BCUT2D eigenvalue weighted by molar-refractivity contribution is 5.81. The molecule has 1 N–H and O–H groups in total. The van der Waals surface area contributed by atoms with Crippen LogP contribution in [0.3, 0.4) is 0 Å². The SMILES string of the molecule is CC(C)[C@@H](C(=O)O)N1CCOC1=O. The van der Waals surface area contributed by atoms with Gasteiger partial charge in [0, 0.05) is 0 Å². The van der Waals surface area contributed by atoms with E-state index in [0.29, 0.717) is 6.54 Å². The second-order valence-electron chi connectivity index (χ2n) is 3.33. The molecule has 0 aliphatic carbocycles. The van der Waals surface area contributed by atoms with Crippen LogP contribution in [-0.2, 0) is 9.53 Å². The van der Waals surface area contributed by atoms with E-state index in [0.717, 1.165) is 0 Å². The Balaban J connectivity index is 2.75. The number of cyclic esters (lactones) is 1. The minimum atomic E-state index is -0.978. The average molecular weight is 187 g/mol. The van der Waals surface area contributed by atoms with Crippen LogP contribution in [0.2, 0.25) is 0 Å². The number of amides is 1. The fourth-order valence-corrected chi connectivity index (χ4v) is 1.44. The summed E-state index contributed by atoms with van der Waals surface area (Å²) < 4.78 is 4.67. The van der Waals surface area contributed by atoms with Gasteiger partial charge in [-0.1, -0.05) is 13.8 Å². The largest absolute Gasteiger partial charge is 0.480 e. The molecule has 0 aromatic rings. The zero-order chi connectivity index (χ0) is 10.0. The van der Waals surface area contributed by atoms with Crippen molar-refractivity contribution in [2.24, 2.45) is 5.92 Å². The van der Waals surface area contributed by atoms with Crippen molar-refractivity contribution in [3.05, 3.63) is 0 Å². The summed E-state index contributed by atoms with van der Waals surface area (Å²) in [7, 11) is 0. The normalized spacial score (nSPS) is 19.0. The van der Waals surface area contributed by atoms with Crippen molar-refractivity contribution < 1.29 is 19.4 Å². The van der Waals surface area contributed by atoms with Crippen molar-refractivity contribution in [1.82, 2.24) is 4.90 Å². The number of ether oxygens (including phenoxy) is 1. The van der Waals surface area contributed by atoms with Crippen LogP contribution in [0.15, 0.2) is 0 Å². The maximum atomic E-state index is 11.1. The van der Waals surface area contributed by atoms with Crippen LogP contribution in [0, 0.1) is 5.92 Å². The average Bonchev–Trinajstić information content (AvgIpc) is 2.35. The Morgan fingerprint density at radius 1 is 1.62 bits per heavy atom. The molecule has 5 heteroatoms. The minimum Gasteiger partial charge on any atom is -0.480 e. The first-order valence-electron chi connectivity index (χ1n) is 4.20. The molecule has 0 radical (unpaired) electrons. The summed E-state index contributed by atoms with van der Waals surface area (Å²) >= 11 is 0. The summed E-state index contributed by atoms with van der Waals surface area (Å²) in [5, 5.41) is 8.87. The minimum absolute atomic E-state index is 0.108. The zero-order valence-corrected chi connectivity index (χ0v) is 7.69. The second-order valence-corrected chi connectivity index (χ2v) is 3.33.